The lowest BCUT2D eigenvalue weighted by atomic mass is 10.2. The van der Waals surface area contributed by atoms with E-state index >= 15 is 0 Å². The van der Waals surface area contributed by atoms with Gasteiger partial charge in [0.15, 0.2) is 5.16 Å². The number of methoxy groups -OCH3 is 1. The first kappa shape index (κ1) is 20.0. The summed E-state index contributed by atoms with van der Waals surface area (Å²) in [6.45, 7) is 1.59. The number of esters is 1. The van der Waals surface area contributed by atoms with Crippen LogP contribution in [0, 0.1) is 0 Å². The normalized spacial score (nSPS) is 15.3. The van der Waals surface area contributed by atoms with E-state index in [1.165, 1.54) is 13.2 Å². The van der Waals surface area contributed by atoms with Gasteiger partial charge in [-0.2, -0.15) is 0 Å². The van der Waals surface area contributed by atoms with Crippen LogP contribution in [-0.4, -0.2) is 46.3 Å². The molecule has 1 heterocycles. The van der Waals surface area contributed by atoms with Crippen LogP contribution in [0.25, 0.3) is 0 Å². The van der Waals surface area contributed by atoms with Crippen molar-refractivity contribution in [3.05, 3.63) is 22.1 Å². The average Bonchev–Trinajstić information content (AvgIpc) is 3.06. The minimum absolute atomic E-state index is 0.110. The predicted octanol–water partition coefficient (Wildman–Crippen LogP) is 0.734. The van der Waals surface area contributed by atoms with Crippen LogP contribution in [0.15, 0.2) is 16.0 Å². The van der Waals surface area contributed by atoms with E-state index in [1.807, 2.05) is 0 Å². The third-order valence-corrected chi connectivity index (χ3v) is 4.90. The fourth-order valence-electron chi connectivity index (χ4n) is 2.58. The number of nitrogens with one attached hydrogen (secondary N) is 3. The highest BCUT2D eigenvalue weighted by molar-refractivity contribution is 8.00. The molecule has 0 spiro atoms. The summed E-state index contributed by atoms with van der Waals surface area (Å²) in [7, 11) is 1.24. The van der Waals surface area contributed by atoms with Crippen molar-refractivity contribution in [3.63, 3.8) is 0 Å². The second-order valence-electron chi connectivity index (χ2n) is 6.00. The van der Waals surface area contributed by atoms with Crippen LogP contribution in [0.1, 0.15) is 38.3 Å². The standard InChI is InChI=1S/C16H22N4O5S/c1-9(14(23)20-15(24)17-10-5-3-4-6-10)26-16-18-11(7-12(21)19-16)8-13(22)25-2/h7,9-10H,3-6,8H2,1-2H3,(H,18,19,21)(H2,17,20,23,24)/t9-/m0/s1. The van der Waals surface area contributed by atoms with Gasteiger partial charge in [-0.15, -0.1) is 0 Å². The van der Waals surface area contributed by atoms with Crippen LogP contribution in [0.2, 0.25) is 0 Å². The van der Waals surface area contributed by atoms with Crippen LogP contribution >= 0.6 is 11.8 Å². The zero-order chi connectivity index (χ0) is 19.1. The summed E-state index contributed by atoms with van der Waals surface area (Å²) >= 11 is 0.989. The van der Waals surface area contributed by atoms with E-state index in [9.17, 15) is 19.2 Å². The molecule has 2 rings (SSSR count). The maximum absolute atomic E-state index is 12.1. The highest BCUT2D eigenvalue weighted by Gasteiger charge is 2.22. The maximum Gasteiger partial charge on any atom is 0.321 e. The Labute approximate surface area is 154 Å². The van der Waals surface area contributed by atoms with Crippen molar-refractivity contribution in [2.45, 2.75) is 55.5 Å². The predicted molar refractivity (Wildman–Crippen MR) is 94.8 cm³/mol. The summed E-state index contributed by atoms with van der Waals surface area (Å²) in [6, 6.07) is 0.787. The van der Waals surface area contributed by atoms with Gasteiger partial charge in [-0.25, -0.2) is 9.78 Å². The summed E-state index contributed by atoms with van der Waals surface area (Å²) < 4.78 is 4.54. The van der Waals surface area contributed by atoms with Crippen LogP contribution in [0.5, 0.6) is 0 Å². The Morgan fingerprint density at radius 3 is 2.73 bits per heavy atom. The highest BCUT2D eigenvalue weighted by atomic mass is 32.2. The fraction of sp³-hybridized carbons (Fsp3) is 0.562. The summed E-state index contributed by atoms with van der Waals surface area (Å²) in [5.41, 5.74) is -0.192. The van der Waals surface area contributed by atoms with Gasteiger partial charge in [0, 0.05) is 12.1 Å². The second-order valence-corrected chi connectivity index (χ2v) is 7.33. The number of H-pyrrole nitrogens is 1. The Morgan fingerprint density at radius 2 is 2.08 bits per heavy atom. The molecule has 0 saturated heterocycles. The van der Waals surface area contributed by atoms with Crippen molar-refractivity contribution in [2.24, 2.45) is 0 Å². The molecule has 0 unspecified atom stereocenters. The number of aromatic amines is 1. The van der Waals surface area contributed by atoms with E-state index in [0.29, 0.717) is 0 Å². The largest absolute Gasteiger partial charge is 0.469 e. The smallest absolute Gasteiger partial charge is 0.321 e. The SMILES string of the molecule is COC(=O)Cc1cc(=O)[nH]c(S[C@@H](C)C(=O)NC(=O)NC2CCCC2)n1. The van der Waals surface area contributed by atoms with Crippen molar-refractivity contribution < 1.29 is 19.1 Å². The number of urea groups is 1. The minimum Gasteiger partial charge on any atom is -0.469 e. The number of carbonyl (C=O) groups is 3. The van der Waals surface area contributed by atoms with Crippen molar-refractivity contribution in [2.75, 3.05) is 7.11 Å². The Kier molecular flexibility index (Phi) is 7.19. The molecule has 0 radical (unpaired) electrons. The number of imide groups is 1. The Morgan fingerprint density at radius 1 is 1.38 bits per heavy atom. The van der Waals surface area contributed by atoms with Gasteiger partial charge in [-0.05, 0) is 19.8 Å². The first-order chi connectivity index (χ1) is 12.4. The fourth-order valence-corrected chi connectivity index (χ4v) is 3.41. The number of hydrogen-bond donors (Lipinski definition) is 3. The van der Waals surface area contributed by atoms with Gasteiger partial charge in [0.1, 0.15) is 0 Å². The maximum atomic E-state index is 12.1. The molecule has 1 atom stereocenters. The van der Waals surface area contributed by atoms with Crippen LogP contribution in [-0.2, 0) is 20.7 Å². The topological polar surface area (TPSA) is 130 Å². The first-order valence-electron chi connectivity index (χ1n) is 8.32. The molecule has 3 amide bonds. The number of thioether (sulfide) groups is 1. The lowest BCUT2D eigenvalue weighted by Crippen LogP contribution is -2.46. The van der Waals surface area contributed by atoms with Gasteiger partial charge in [0.2, 0.25) is 5.91 Å². The van der Waals surface area contributed by atoms with Crippen LogP contribution in [0.4, 0.5) is 4.79 Å². The van der Waals surface area contributed by atoms with Crippen molar-refractivity contribution in [1.82, 2.24) is 20.6 Å². The van der Waals surface area contributed by atoms with Gasteiger partial charge in [0.25, 0.3) is 5.56 Å². The monoisotopic (exact) mass is 382 g/mol. The molecule has 3 N–H and O–H groups in total. The van der Waals surface area contributed by atoms with Crippen molar-refractivity contribution in [3.8, 4) is 0 Å². The molecule has 1 aromatic rings. The molecular formula is C16H22N4O5S. The number of hydrogen-bond acceptors (Lipinski definition) is 7. The summed E-state index contributed by atoms with van der Waals surface area (Å²) in [6.07, 6.45) is 3.85. The molecule has 10 heteroatoms. The Balaban J connectivity index is 1.92. The zero-order valence-electron chi connectivity index (χ0n) is 14.7. The number of amides is 3. The molecule has 1 aromatic heterocycles. The zero-order valence-corrected chi connectivity index (χ0v) is 15.5. The molecule has 0 aromatic carbocycles. The quantitative estimate of drug-likeness (QED) is 0.376. The summed E-state index contributed by atoms with van der Waals surface area (Å²) in [4.78, 5) is 53.6. The molecule has 142 valence electrons. The highest BCUT2D eigenvalue weighted by Crippen LogP contribution is 2.19. The third kappa shape index (κ3) is 6.17. The van der Waals surface area contributed by atoms with Gasteiger partial charge in [-0.1, -0.05) is 24.6 Å². The molecule has 0 aliphatic heterocycles. The van der Waals surface area contributed by atoms with E-state index in [2.05, 4.69) is 25.3 Å². The molecule has 26 heavy (non-hydrogen) atoms. The molecule has 0 bridgehead atoms. The van der Waals surface area contributed by atoms with E-state index in [0.717, 1.165) is 37.4 Å². The number of aromatic nitrogens is 2. The van der Waals surface area contributed by atoms with Crippen LogP contribution in [0.3, 0.4) is 0 Å². The molecule has 9 nitrogen and oxygen atoms in total. The van der Waals surface area contributed by atoms with E-state index in [1.54, 1.807) is 6.92 Å². The molecule has 1 saturated carbocycles. The lowest BCUT2D eigenvalue weighted by Gasteiger charge is -2.14. The first-order valence-corrected chi connectivity index (χ1v) is 9.20. The summed E-state index contributed by atoms with van der Waals surface area (Å²) in [5.74, 6) is -1.01. The van der Waals surface area contributed by atoms with E-state index in [-0.39, 0.29) is 23.3 Å². The molecule has 1 fully saturated rings. The van der Waals surface area contributed by atoms with Gasteiger partial charge >= 0.3 is 12.0 Å². The third-order valence-electron chi connectivity index (χ3n) is 3.91. The lowest BCUT2D eigenvalue weighted by molar-refractivity contribution is -0.139. The molecule has 1 aliphatic rings. The second kappa shape index (κ2) is 9.37. The minimum atomic E-state index is -0.666. The van der Waals surface area contributed by atoms with Crippen molar-refractivity contribution >= 4 is 29.7 Å². The Hall–Kier alpha value is -2.36. The van der Waals surface area contributed by atoms with Gasteiger partial charge in [-0.3, -0.25) is 19.7 Å². The van der Waals surface area contributed by atoms with E-state index < -0.39 is 28.7 Å². The number of rotatable bonds is 6. The molecule has 1 aliphatic carbocycles. The molecular weight excluding hydrogens is 360 g/mol. The van der Waals surface area contributed by atoms with E-state index in [4.69, 9.17) is 0 Å². The number of carbonyl (C=O) groups excluding carboxylic acids is 3. The van der Waals surface area contributed by atoms with Gasteiger partial charge < -0.3 is 15.0 Å². The number of ether oxygens (including phenoxy) is 1. The van der Waals surface area contributed by atoms with Gasteiger partial charge in [0.05, 0.1) is 24.5 Å². The number of nitrogens with zero attached hydrogens (tertiary/aromatic N) is 1. The Bertz CT molecular complexity index is 730. The van der Waals surface area contributed by atoms with Crippen molar-refractivity contribution in [1.29, 1.82) is 0 Å². The van der Waals surface area contributed by atoms with Crippen LogP contribution < -0.4 is 16.2 Å². The summed E-state index contributed by atoms with van der Waals surface area (Å²) in [5, 5.41) is 4.59. The average molecular weight is 382 g/mol.